The van der Waals surface area contributed by atoms with Crippen molar-refractivity contribution in [3.8, 4) is 0 Å². The minimum Gasteiger partial charge on any atom is -0.356 e. The summed E-state index contributed by atoms with van der Waals surface area (Å²) in [5.41, 5.74) is 1.12. The lowest BCUT2D eigenvalue weighted by Crippen LogP contribution is -2.53. The van der Waals surface area contributed by atoms with E-state index in [0.29, 0.717) is 22.9 Å². The summed E-state index contributed by atoms with van der Waals surface area (Å²) in [4.78, 5) is 28.5. The SMILES string of the molecule is O=C(C[C@@H]1C(=O)Nc2ccccc2N1S(=O)(=O)c1cc(F)c(Br)cc1F)NCCc1ccncc1. The third kappa shape index (κ3) is 5.17. The smallest absolute Gasteiger partial charge is 0.268 e. The fourth-order valence-corrected chi connectivity index (χ4v) is 5.69. The third-order valence-electron chi connectivity index (χ3n) is 5.36. The highest BCUT2D eigenvalue weighted by molar-refractivity contribution is 9.10. The number of amides is 2. The summed E-state index contributed by atoms with van der Waals surface area (Å²) < 4.78 is 56.4. The number of nitrogens with one attached hydrogen (secondary N) is 2. The first-order chi connectivity index (χ1) is 16.7. The number of sulfonamides is 1. The van der Waals surface area contributed by atoms with Gasteiger partial charge in [0.05, 0.1) is 22.3 Å². The van der Waals surface area contributed by atoms with Crippen LogP contribution in [0.1, 0.15) is 12.0 Å². The van der Waals surface area contributed by atoms with Crippen molar-refractivity contribution in [1.29, 1.82) is 0 Å². The van der Waals surface area contributed by atoms with Crippen molar-refractivity contribution in [2.75, 3.05) is 16.2 Å². The average molecular weight is 565 g/mol. The van der Waals surface area contributed by atoms with Crippen molar-refractivity contribution in [3.63, 3.8) is 0 Å². The summed E-state index contributed by atoms with van der Waals surface area (Å²) in [6.07, 6.45) is 3.21. The number of nitrogens with zero attached hydrogens (tertiary/aromatic N) is 2. The third-order valence-corrected chi connectivity index (χ3v) is 7.81. The number of para-hydroxylation sites is 2. The van der Waals surface area contributed by atoms with Crippen molar-refractivity contribution in [2.24, 2.45) is 0 Å². The Labute approximate surface area is 208 Å². The minimum absolute atomic E-state index is 0.0319. The molecular formula is C23H19BrF2N4O4S. The Hall–Kier alpha value is -3.38. The highest BCUT2D eigenvalue weighted by atomic mass is 79.9. The Morgan fingerprint density at radius 2 is 1.83 bits per heavy atom. The van der Waals surface area contributed by atoms with Gasteiger partial charge in [-0.05, 0) is 64.3 Å². The molecule has 0 unspecified atom stereocenters. The molecule has 2 N–H and O–H groups in total. The second kappa shape index (κ2) is 10.1. The summed E-state index contributed by atoms with van der Waals surface area (Å²) in [5.74, 6) is -3.55. The van der Waals surface area contributed by atoms with E-state index < -0.39 is 50.8 Å². The van der Waals surface area contributed by atoms with Crippen molar-refractivity contribution in [1.82, 2.24) is 10.3 Å². The molecule has 0 radical (unpaired) electrons. The predicted octanol–water partition coefficient (Wildman–Crippen LogP) is 3.39. The highest BCUT2D eigenvalue weighted by Crippen LogP contribution is 2.38. The number of hydrogen-bond donors (Lipinski definition) is 2. The maximum atomic E-state index is 14.7. The molecule has 0 fully saturated rings. The number of benzene rings is 2. The Morgan fingerprint density at radius 3 is 2.57 bits per heavy atom. The first-order valence-electron chi connectivity index (χ1n) is 10.4. The Balaban J connectivity index is 1.65. The Morgan fingerprint density at radius 1 is 1.11 bits per heavy atom. The summed E-state index contributed by atoms with van der Waals surface area (Å²) in [6, 6.07) is 9.28. The number of aromatic nitrogens is 1. The lowest BCUT2D eigenvalue weighted by molar-refractivity contribution is -0.125. The molecule has 8 nitrogen and oxygen atoms in total. The van der Waals surface area contributed by atoms with Gasteiger partial charge in [0.1, 0.15) is 22.6 Å². The van der Waals surface area contributed by atoms with Gasteiger partial charge in [0.15, 0.2) is 0 Å². The van der Waals surface area contributed by atoms with Crippen LogP contribution in [0.2, 0.25) is 0 Å². The topological polar surface area (TPSA) is 108 Å². The van der Waals surface area contributed by atoms with Crippen LogP contribution in [0.15, 0.2) is 70.3 Å². The molecule has 0 bridgehead atoms. The zero-order valence-electron chi connectivity index (χ0n) is 18.0. The van der Waals surface area contributed by atoms with Gasteiger partial charge in [0, 0.05) is 18.9 Å². The Bertz CT molecular complexity index is 1390. The molecule has 1 aliphatic rings. The minimum atomic E-state index is -4.79. The van der Waals surface area contributed by atoms with Crippen molar-refractivity contribution < 1.29 is 26.8 Å². The average Bonchev–Trinajstić information content (AvgIpc) is 2.82. The molecule has 182 valence electrons. The van der Waals surface area contributed by atoms with E-state index >= 15 is 0 Å². The lowest BCUT2D eigenvalue weighted by Gasteiger charge is -2.36. The van der Waals surface area contributed by atoms with Gasteiger partial charge in [-0.25, -0.2) is 17.2 Å². The second-order valence-electron chi connectivity index (χ2n) is 7.68. The molecule has 0 saturated carbocycles. The molecular weight excluding hydrogens is 546 g/mol. The first-order valence-corrected chi connectivity index (χ1v) is 12.7. The van der Waals surface area contributed by atoms with E-state index in [1.807, 2.05) is 0 Å². The van der Waals surface area contributed by atoms with Gasteiger partial charge in [-0.3, -0.25) is 18.9 Å². The van der Waals surface area contributed by atoms with E-state index in [1.54, 1.807) is 30.6 Å². The number of hydrogen-bond acceptors (Lipinski definition) is 5. The van der Waals surface area contributed by atoms with Crippen molar-refractivity contribution in [3.05, 3.63) is 82.6 Å². The number of pyridine rings is 1. The van der Waals surface area contributed by atoms with E-state index in [-0.39, 0.29) is 22.4 Å². The van der Waals surface area contributed by atoms with Crippen LogP contribution in [0, 0.1) is 11.6 Å². The van der Waals surface area contributed by atoms with Gasteiger partial charge >= 0.3 is 0 Å². The largest absolute Gasteiger partial charge is 0.356 e. The van der Waals surface area contributed by atoms with Gasteiger partial charge in [0.2, 0.25) is 11.8 Å². The predicted molar refractivity (Wildman–Crippen MR) is 128 cm³/mol. The van der Waals surface area contributed by atoms with Gasteiger partial charge in [-0.1, -0.05) is 12.1 Å². The van der Waals surface area contributed by atoms with Gasteiger partial charge in [0.25, 0.3) is 10.0 Å². The van der Waals surface area contributed by atoms with Crippen LogP contribution >= 0.6 is 15.9 Å². The molecule has 1 aliphatic heterocycles. The molecule has 2 amide bonds. The van der Waals surface area contributed by atoms with E-state index in [9.17, 15) is 26.8 Å². The first kappa shape index (κ1) is 24.7. The summed E-state index contributed by atoms with van der Waals surface area (Å²) >= 11 is 2.82. The zero-order valence-corrected chi connectivity index (χ0v) is 20.4. The number of rotatable bonds is 7. The fourth-order valence-electron chi connectivity index (χ4n) is 3.69. The molecule has 12 heteroatoms. The van der Waals surface area contributed by atoms with E-state index in [2.05, 4.69) is 31.5 Å². The van der Waals surface area contributed by atoms with E-state index in [4.69, 9.17) is 0 Å². The number of carbonyl (C=O) groups excluding carboxylic acids is 2. The number of halogens is 3. The number of anilines is 2. The molecule has 1 atom stereocenters. The number of carbonyl (C=O) groups is 2. The molecule has 2 heterocycles. The van der Waals surface area contributed by atoms with Crippen LogP contribution in [0.5, 0.6) is 0 Å². The van der Waals surface area contributed by atoms with Crippen LogP contribution in [0.25, 0.3) is 0 Å². The molecule has 0 saturated heterocycles. The molecule has 35 heavy (non-hydrogen) atoms. The van der Waals surface area contributed by atoms with Crippen LogP contribution in [-0.4, -0.2) is 37.8 Å². The summed E-state index contributed by atoms with van der Waals surface area (Å²) in [6.45, 7) is 0.243. The molecule has 3 aromatic rings. The molecule has 0 aliphatic carbocycles. The quantitative estimate of drug-likeness (QED) is 0.427. The molecule has 4 rings (SSSR count). The Kier molecular flexibility index (Phi) is 7.13. The fraction of sp³-hybridized carbons (Fsp3) is 0.174. The number of fused-ring (bicyclic) bond motifs is 1. The van der Waals surface area contributed by atoms with E-state index in [0.717, 1.165) is 5.56 Å². The van der Waals surface area contributed by atoms with Gasteiger partial charge < -0.3 is 10.6 Å². The van der Waals surface area contributed by atoms with Crippen LogP contribution in [-0.2, 0) is 26.0 Å². The molecule has 0 spiro atoms. The van der Waals surface area contributed by atoms with Crippen LogP contribution < -0.4 is 14.9 Å². The normalized spacial score (nSPS) is 15.3. The highest BCUT2D eigenvalue weighted by Gasteiger charge is 2.43. The summed E-state index contributed by atoms with van der Waals surface area (Å²) in [5, 5.41) is 5.24. The van der Waals surface area contributed by atoms with Gasteiger partial charge in [-0.15, -0.1) is 0 Å². The summed E-state index contributed by atoms with van der Waals surface area (Å²) in [7, 11) is -4.79. The lowest BCUT2D eigenvalue weighted by atomic mass is 10.1. The zero-order chi connectivity index (χ0) is 25.2. The van der Waals surface area contributed by atoms with Crippen molar-refractivity contribution in [2.45, 2.75) is 23.8 Å². The second-order valence-corrected chi connectivity index (χ2v) is 10.3. The van der Waals surface area contributed by atoms with Gasteiger partial charge in [-0.2, -0.15) is 0 Å². The van der Waals surface area contributed by atoms with Crippen molar-refractivity contribution >= 4 is 49.1 Å². The monoisotopic (exact) mass is 564 g/mol. The maximum absolute atomic E-state index is 14.7. The standard InChI is InChI=1S/C23H19BrF2N4O4S/c24-15-11-17(26)21(12-16(15)25)35(33,34)30-19-4-2-1-3-18(19)29-23(32)20(30)13-22(31)28-10-7-14-5-8-27-9-6-14/h1-6,8-9,11-12,20H,7,10,13H2,(H,28,31)(H,29,32)/t20-/m1/s1. The molecule has 2 aromatic carbocycles. The molecule has 1 aromatic heterocycles. The maximum Gasteiger partial charge on any atom is 0.268 e. The van der Waals surface area contributed by atoms with E-state index in [1.165, 1.54) is 18.2 Å². The van der Waals surface area contributed by atoms with Crippen LogP contribution in [0.4, 0.5) is 20.2 Å². The van der Waals surface area contributed by atoms with Crippen LogP contribution in [0.3, 0.4) is 0 Å².